The molecule has 0 fully saturated rings. The van der Waals surface area contributed by atoms with Crippen LogP contribution in [0.25, 0.3) is 0 Å². The van der Waals surface area contributed by atoms with Gasteiger partial charge in [0.05, 0.1) is 6.04 Å². The normalized spacial score (nSPS) is 12.1. The lowest BCUT2D eigenvalue weighted by Gasteiger charge is -2.21. The first-order valence-electron chi connectivity index (χ1n) is 8.24. The Morgan fingerprint density at radius 1 is 1.04 bits per heavy atom. The van der Waals surface area contributed by atoms with Crippen molar-refractivity contribution >= 4 is 11.6 Å². The molecule has 1 unspecified atom stereocenters. The van der Waals surface area contributed by atoms with Crippen molar-refractivity contribution in [2.75, 3.05) is 5.73 Å². The fourth-order valence-electron chi connectivity index (χ4n) is 2.71. The molecule has 1 amide bonds. The number of nitrogens with two attached hydrogens (primary N) is 1. The van der Waals surface area contributed by atoms with Crippen LogP contribution in [0.15, 0.2) is 54.6 Å². The summed E-state index contributed by atoms with van der Waals surface area (Å²) in [5.74, 6) is 0.591. The van der Waals surface area contributed by atoms with Gasteiger partial charge < -0.3 is 11.1 Å². The van der Waals surface area contributed by atoms with Crippen LogP contribution in [0, 0.1) is 5.92 Å². The molecule has 0 aromatic heterocycles. The Labute approximate surface area is 138 Å². The number of para-hydroxylation sites is 1. The molecule has 0 saturated carbocycles. The highest BCUT2D eigenvalue weighted by Crippen LogP contribution is 2.21. The van der Waals surface area contributed by atoms with Gasteiger partial charge in [-0.05, 0) is 36.0 Å². The third-order valence-corrected chi connectivity index (χ3v) is 3.92. The van der Waals surface area contributed by atoms with Gasteiger partial charge in [-0.25, -0.2) is 0 Å². The zero-order chi connectivity index (χ0) is 16.7. The summed E-state index contributed by atoms with van der Waals surface area (Å²) < 4.78 is 0. The maximum Gasteiger partial charge on any atom is 0.220 e. The maximum absolute atomic E-state index is 12.3. The molecule has 0 aliphatic heterocycles. The second-order valence-corrected chi connectivity index (χ2v) is 6.36. The van der Waals surface area contributed by atoms with E-state index < -0.39 is 0 Å². The Bertz CT molecular complexity index is 623. The molecule has 0 saturated heterocycles. The van der Waals surface area contributed by atoms with Gasteiger partial charge in [-0.3, -0.25) is 4.79 Å². The first kappa shape index (κ1) is 17.1. The zero-order valence-electron chi connectivity index (χ0n) is 14.0. The van der Waals surface area contributed by atoms with Gasteiger partial charge in [0.25, 0.3) is 0 Å². The lowest BCUT2D eigenvalue weighted by atomic mass is 9.96. The molecule has 0 radical (unpaired) electrons. The molecule has 0 spiro atoms. The highest BCUT2D eigenvalue weighted by molar-refractivity contribution is 5.77. The molecule has 3 nitrogen and oxygen atoms in total. The molecule has 0 heterocycles. The predicted molar refractivity (Wildman–Crippen MR) is 96.0 cm³/mol. The Balaban J connectivity index is 1.96. The summed E-state index contributed by atoms with van der Waals surface area (Å²) in [6.45, 7) is 4.35. The fraction of sp³-hybridized carbons (Fsp3) is 0.350. The van der Waals surface area contributed by atoms with E-state index in [1.807, 2.05) is 42.5 Å². The summed E-state index contributed by atoms with van der Waals surface area (Å²) in [5.41, 5.74) is 8.88. The average Bonchev–Trinajstić information content (AvgIpc) is 2.54. The van der Waals surface area contributed by atoms with Crippen molar-refractivity contribution in [1.82, 2.24) is 5.32 Å². The smallest absolute Gasteiger partial charge is 0.220 e. The lowest BCUT2D eigenvalue weighted by Crippen LogP contribution is -2.29. The lowest BCUT2D eigenvalue weighted by molar-refractivity contribution is -0.121. The van der Waals surface area contributed by atoms with Crippen molar-refractivity contribution < 1.29 is 4.79 Å². The maximum atomic E-state index is 12.3. The summed E-state index contributed by atoms with van der Waals surface area (Å²) >= 11 is 0. The zero-order valence-corrected chi connectivity index (χ0v) is 14.0. The Hall–Kier alpha value is -2.29. The molecule has 2 aromatic carbocycles. The van der Waals surface area contributed by atoms with Gasteiger partial charge in [-0.15, -0.1) is 0 Å². The third kappa shape index (κ3) is 5.44. The average molecular weight is 310 g/mol. The quantitative estimate of drug-likeness (QED) is 0.756. The molecule has 3 N–H and O–H groups in total. The van der Waals surface area contributed by atoms with Crippen molar-refractivity contribution in [3.63, 3.8) is 0 Å². The third-order valence-electron chi connectivity index (χ3n) is 3.92. The molecule has 0 bridgehead atoms. The number of hydrogen-bond donors (Lipinski definition) is 2. The van der Waals surface area contributed by atoms with E-state index in [9.17, 15) is 4.79 Å². The first-order valence-corrected chi connectivity index (χ1v) is 8.24. The summed E-state index contributed by atoms with van der Waals surface area (Å²) in [7, 11) is 0. The summed E-state index contributed by atoms with van der Waals surface area (Å²) in [4.78, 5) is 12.3. The number of benzene rings is 2. The summed E-state index contributed by atoms with van der Waals surface area (Å²) in [6, 6.07) is 17.9. The minimum Gasteiger partial charge on any atom is -0.399 e. The minimum atomic E-state index is 0.0665. The standard InChI is InChI=1S/C20H26N2O/c1-15(2)14-19(17-9-4-3-5-10-17)22-20(23)13-12-16-8-6-7-11-18(16)21/h3-11,15,19H,12-14,21H2,1-2H3,(H,22,23). The number of rotatable bonds is 7. The van der Waals surface area contributed by atoms with Crippen molar-refractivity contribution in [3.05, 3.63) is 65.7 Å². The van der Waals surface area contributed by atoms with E-state index in [1.54, 1.807) is 0 Å². The fourth-order valence-corrected chi connectivity index (χ4v) is 2.71. The SMILES string of the molecule is CC(C)CC(NC(=O)CCc1ccccc1N)c1ccccc1. The Kier molecular flexibility index (Phi) is 6.21. The molecule has 2 aromatic rings. The van der Waals surface area contributed by atoms with Gasteiger partial charge in [0.15, 0.2) is 0 Å². The number of aryl methyl sites for hydroxylation is 1. The van der Waals surface area contributed by atoms with Crippen LogP contribution in [-0.2, 0) is 11.2 Å². The number of carbonyl (C=O) groups excluding carboxylic acids is 1. The van der Waals surface area contributed by atoms with Gasteiger partial charge >= 0.3 is 0 Å². The van der Waals surface area contributed by atoms with Gasteiger partial charge in [0.1, 0.15) is 0 Å². The van der Waals surface area contributed by atoms with E-state index in [-0.39, 0.29) is 11.9 Å². The summed E-state index contributed by atoms with van der Waals surface area (Å²) in [5, 5.41) is 3.17. The van der Waals surface area contributed by atoms with E-state index in [0.717, 1.165) is 23.2 Å². The van der Waals surface area contributed by atoms with E-state index in [1.165, 1.54) is 0 Å². The van der Waals surface area contributed by atoms with Crippen LogP contribution in [-0.4, -0.2) is 5.91 Å². The largest absolute Gasteiger partial charge is 0.399 e. The monoisotopic (exact) mass is 310 g/mol. The van der Waals surface area contributed by atoms with Crippen molar-refractivity contribution in [2.24, 2.45) is 5.92 Å². The van der Waals surface area contributed by atoms with Crippen LogP contribution < -0.4 is 11.1 Å². The van der Waals surface area contributed by atoms with Gasteiger partial charge in [0.2, 0.25) is 5.91 Å². The highest BCUT2D eigenvalue weighted by atomic mass is 16.1. The van der Waals surface area contributed by atoms with Gasteiger partial charge in [0, 0.05) is 12.1 Å². The summed E-state index contributed by atoms with van der Waals surface area (Å²) in [6.07, 6.45) is 2.06. The number of nitrogen functional groups attached to an aromatic ring is 1. The Morgan fingerprint density at radius 2 is 1.70 bits per heavy atom. The van der Waals surface area contributed by atoms with Crippen molar-refractivity contribution in [2.45, 2.75) is 39.2 Å². The first-order chi connectivity index (χ1) is 11.1. The Morgan fingerprint density at radius 3 is 2.35 bits per heavy atom. The molecule has 23 heavy (non-hydrogen) atoms. The molecular weight excluding hydrogens is 284 g/mol. The molecule has 3 heteroatoms. The second-order valence-electron chi connectivity index (χ2n) is 6.36. The van der Waals surface area contributed by atoms with Crippen LogP contribution in [0.3, 0.4) is 0 Å². The molecule has 0 aliphatic rings. The molecule has 1 atom stereocenters. The van der Waals surface area contributed by atoms with E-state index in [4.69, 9.17) is 5.73 Å². The van der Waals surface area contributed by atoms with E-state index >= 15 is 0 Å². The van der Waals surface area contributed by atoms with Crippen LogP contribution in [0.2, 0.25) is 0 Å². The molecule has 2 rings (SSSR count). The second kappa shape index (κ2) is 8.37. The van der Waals surface area contributed by atoms with Crippen molar-refractivity contribution in [3.8, 4) is 0 Å². The molecular formula is C20H26N2O. The number of amides is 1. The van der Waals surface area contributed by atoms with Gasteiger partial charge in [-0.1, -0.05) is 62.4 Å². The molecule has 0 aliphatic carbocycles. The molecule has 122 valence electrons. The van der Waals surface area contributed by atoms with E-state index in [0.29, 0.717) is 18.8 Å². The predicted octanol–water partition coefficient (Wildman–Crippen LogP) is 4.11. The van der Waals surface area contributed by atoms with Gasteiger partial charge in [-0.2, -0.15) is 0 Å². The van der Waals surface area contributed by atoms with Crippen molar-refractivity contribution in [1.29, 1.82) is 0 Å². The van der Waals surface area contributed by atoms with Crippen LogP contribution in [0.1, 0.15) is 43.9 Å². The topological polar surface area (TPSA) is 55.1 Å². The highest BCUT2D eigenvalue weighted by Gasteiger charge is 2.16. The van der Waals surface area contributed by atoms with E-state index in [2.05, 4.69) is 31.3 Å². The number of nitrogens with one attached hydrogen (secondary N) is 1. The van der Waals surface area contributed by atoms with Crippen LogP contribution >= 0.6 is 0 Å². The number of hydrogen-bond acceptors (Lipinski definition) is 2. The van der Waals surface area contributed by atoms with Crippen LogP contribution in [0.5, 0.6) is 0 Å². The number of carbonyl (C=O) groups is 1. The minimum absolute atomic E-state index is 0.0665. The number of anilines is 1. The van der Waals surface area contributed by atoms with Crippen LogP contribution in [0.4, 0.5) is 5.69 Å².